The van der Waals surface area contributed by atoms with E-state index in [-0.39, 0.29) is 17.1 Å². The Morgan fingerprint density at radius 3 is 2.06 bits per heavy atom. The highest BCUT2D eigenvalue weighted by molar-refractivity contribution is 5.74. The molecule has 3 heterocycles. The molecule has 3 aromatic rings. The molecule has 0 N–H and O–H groups in total. The second-order valence-corrected chi connectivity index (χ2v) is 8.44. The Kier molecular flexibility index (Phi) is 5.34. The van der Waals surface area contributed by atoms with Crippen molar-refractivity contribution >= 4 is 29.2 Å². The maximum atomic E-state index is 11.4. The molecule has 2 aliphatic rings. The first-order valence-corrected chi connectivity index (χ1v) is 11.0. The zero-order valence-corrected chi connectivity index (χ0v) is 18.0. The zero-order chi connectivity index (χ0) is 22.9. The lowest BCUT2D eigenvalue weighted by molar-refractivity contribution is -0.601. The molecule has 8 heteroatoms. The summed E-state index contributed by atoms with van der Waals surface area (Å²) in [6.45, 7) is 2.32. The number of nitro groups is 2. The number of hydrogen-bond acceptors (Lipinski definition) is 5. The number of pyridine rings is 1. The zero-order valence-electron chi connectivity index (χ0n) is 18.0. The minimum absolute atomic E-state index is 0.277. The van der Waals surface area contributed by atoms with E-state index in [2.05, 4.69) is 23.1 Å². The van der Waals surface area contributed by atoms with E-state index in [0.29, 0.717) is 0 Å². The lowest BCUT2D eigenvalue weighted by atomic mass is 9.90. The van der Waals surface area contributed by atoms with E-state index in [1.165, 1.54) is 47.4 Å². The highest BCUT2D eigenvalue weighted by Crippen LogP contribution is 2.36. The third kappa shape index (κ3) is 4.07. The maximum Gasteiger partial charge on any atom is 0.347 e. The molecule has 1 aromatic heterocycles. The molecule has 0 saturated heterocycles. The highest BCUT2D eigenvalue weighted by atomic mass is 16.6. The lowest BCUT2D eigenvalue weighted by Gasteiger charge is -2.37. The van der Waals surface area contributed by atoms with Crippen molar-refractivity contribution in [1.29, 1.82) is 0 Å². The third-order valence-corrected chi connectivity index (χ3v) is 6.32. The predicted molar refractivity (Wildman–Crippen MR) is 126 cm³/mol. The molecule has 0 fully saturated rings. The van der Waals surface area contributed by atoms with Gasteiger partial charge in [0.05, 0.1) is 9.85 Å². The summed E-state index contributed by atoms with van der Waals surface area (Å²) in [7, 11) is 0. The van der Waals surface area contributed by atoms with Gasteiger partial charge in [0, 0.05) is 43.0 Å². The monoisotopic (exact) mass is 443 g/mol. The topological polar surface area (TPSA) is 93.4 Å². The number of benzene rings is 2. The van der Waals surface area contributed by atoms with E-state index in [1.807, 2.05) is 18.2 Å². The van der Waals surface area contributed by atoms with Gasteiger partial charge in [0.15, 0.2) is 12.4 Å². The Hall–Kier alpha value is -4.07. The van der Waals surface area contributed by atoms with Crippen molar-refractivity contribution < 1.29 is 14.4 Å². The normalized spacial score (nSPS) is 14.8. The maximum absolute atomic E-state index is 11.4. The van der Waals surface area contributed by atoms with Crippen LogP contribution in [0.1, 0.15) is 35.1 Å². The Labute approximate surface area is 190 Å². The minimum Gasteiger partial charge on any atom is -0.371 e. The first-order valence-electron chi connectivity index (χ1n) is 11.0. The van der Waals surface area contributed by atoms with Crippen LogP contribution in [0.4, 0.5) is 17.1 Å². The fraction of sp³-hybridized carbons (Fsp3) is 0.240. The Bertz CT molecular complexity index is 1250. The van der Waals surface area contributed by atoms with Crippen molar-refractivity contribution in [2.75, 3.05) is 18.0 Å². The standard InChI is InChI=1S/C25H23N4O4/c30-28(31)22-7-8-23(24(17-22)29(32)33)26-13-9-18(10-14-26)5-6-19-15-20-3-1-11-27-12-2-4-21(16-19)25(20)27/h5-10,13-17H,1-4,11-12H2/q+1. The van der Waals surface area contributed by atoms with Crippen LogP contribution < -0.4 is 9.47 Å². The van der Waals surface area contributed by atoms with Crippen molar-refractivity contribution in [3.63, 3.8) is 0 Å². The summed E-state index contributed by atoms with van der Waals surface area (Å²) < 4.78 is 1.59. The van der Waals surface area contributed by atoms with Gasteiger partial charge in [-0.2, -0.15) is 4.57 Å². The number of non-ortho nitro benzene ring substituents is 1. The molecule has 5 rings (SSSR count). The minimum atomic E-state index is -0.637. The van der Waals surface area contributed by atoms with Crippen molar-refractivity contribution in [3.8, 4) is 5.69 Å². The van der Waals surface area contributed by atoms with E-state index in [0.717, 1.165) is 37.6 Å². The first-order chi connectivity index (χ1) is 16.0. The van der Waals surface area contributed by atoms with Crippen LogP contribution in [0.25, 0.3) is 17.8 Å². The predicted octanol–water partition coefficient (Wildman–Crippen LogP) is 4.65. The van der Waals surface area contributed by atoms with Crippen molar-refractivity contribution in [2.45, 2.75) is 25.7 Å². The number of nitrogens with zero attached hydrogens (tertiary/aromatic N) is 4. The number of nitro benzene ring substituents is 2. The number of rotatable bonds is 5. The summed E-state index contributed by atoms with van der Waals surface area (Å²) in [5, 5.41) is 22.4. The van der Waals surface area contributed by atoms with E-state index >= 15 is 0 Å². The van der Waals surface area contributed by atoms with Gasteiger partial charge in [0.25, 0.3) is 11.4 Å². The molecule has 33 heavy (non-hydrogen) atoms. The van der Waals surface area contributed by atoms with Gasteiger partial charge in [-0.05, 0) is 60.1 Å². The summed E-state index contributed by atoms with van der Waals surface area (Å²) in [5.41, 5.74) is 6.14. The second kappa shape index (κ2) is 8.46. The van der Waals surface area contributed by atoms with Crippen molar-refractivity contribution in [2.24, 2.45) is 0 Å². The molecule has 166 valence electrons. The molecular weight excluding hydrogens is 420 g/mol. The van der Waals surface area contributed by atoms with Gasteiger partial charge < -0.3 is 4.90 Å². The highest BCUT2D eigenvalue weighted by Gasteiger charge is 2.26. The lowest BCUT2D eigenvalue weighted by Crippen LogP contribution is -2.34. The molecule has 0 spiro atoms. The van der Waals surface area contributed by atoms with Crippen LogP contribution in [0.15, 0.2) is 54.9 Å². The summed E-state index contributed by atoms with van der Waals surface area (Å²) in [6.07, 6.45) is 12.2. The summed E-state index contributed by atoms with van der Waals surface area (Å²) in [5.74, 6) is 0. The molecule has 2 aliphatic heterocycles. The van der Waals surface area contributed by atoms with E-state index in [9.17, 15) is 20.2 Å². The Morgan fingerprint density at radius 2 is 1.45 bits per heavy atom. The third-order valence-electron chi connectivity index (χ3n) is 6.32. The molecule has 0 atom stereocenters. The van der Waals surface area contributed by atoms with Gasteiger partial charge in [-0.25, -0.2) is 0 Å². The molecule has 0 aliphatic carbocycles. The van der Waals surface area contributed by atoms with Gasteiger partial charge in [-0.15, -0.1) is 0 Å². The van der Waals surface area contributed by atoms with Crippen LogP contribution >= 0.6 is 0 Å². The van der Waals surface area contributed by atoms with E-state index in [1.54, 1.807) is 17.0 Å². The molecule has 0 radical (unpaired) electrons. The van der Waals surface area contributed by atoms with Gasteiger partial charge in [0.1, 0.15) is 6.07 Å². The van der Waals surface area contributed by atoms with Crippen molar-refractivity contribution in [3.05, 3.63) is 97.3 Å². The van der Waals surface area contributed by atoms with Crippen LogP contribution in [-0.2, 0) is 12.8 Å². The smallest absolute Gasteiger partial charge is 0.347 e. The molecule has 0 unspecified atom stereocenters. The van der Waals surface area contributed by atoms with Crippen LogP contribution in [0.5, 0.6) is 0 Å². The van der Waals surface area contributed by atoms with Crippen molar-refractivity contribution in [1.82, 2.24) is 0 Å². The average molecular weight is 443 g/mol. The Balaban J connectivity index is 1.40. The number of aryl methyl sites for hydroxylation is 2. The fourth-order valence-corrected chi connectivity index (χ4v) is 4.82. The first kappa shape index (κ1) is 20.8. The fourth-order valence-electron chi connectivity index (χ4n) is 4.82. The number of aromatic nitrogens is 1. The van der Waals surface area contributed by atoms with Crippen LogP contribution in [0.3, 0.4) is 0 Å². The molecule has 0 saturated carbocycles. The summed E-state index contributed by atoms with van der Waals surface area (Å²) in [4.78, 5) is 23.7. The van der Waals surface area contributed by atoms with E-state index in [4.69, 9.17) is 0 Å². The molecule has 0 amide bonds. The van der Waals surface area contributed by atoms with Crippen LogP contribution in [-0.4, -0.2) is 22.9 Å². The molecule has 0 bridgehead atoms. The summed E-state index contributed by atoms with van der Waals surface area (Å²) in [6, 6.07) is 12.0. The second-order valence-electron chi connectivity index (χ2n) is 8.44. The summed E-state index contributed by atoms with van der Waals surface area (Å²) >= 11 is 0. The quantitative estimate of drug-likeness (QED) is 0.325. The largest absolute Gasteiger partial charge is 0.371 e. The van der Waals surface area contributed by atoms with Gasteiger partial charge in [0.2, 0.25) is 0 Å². The van der Waals surface area contributed by atoms with Gasteiger partial charge >= 0.3 is 5.69 Å². The van der Waals surface area contributed by atoms with Crippen LogP contribution in [0.2, 0.25) is 0 Å². The molecular formula is C25H23N4O4+. The number of anilines is 1. The average Bonchev–Trinajstić information content (AvgIpc) is 2.83. The van der Waals surface area contributed by atoms with Gasteiger partial charge in [-0.3, -0.25) is 20.2 Å². The van der Waals surface area contributed by atoms with Crippen LogP contribution in [0, 0.1) is 20.2 Å². The van der Waals surface area contributed by atoms with E-state index < -0.39 is 9.85 Å². The number of hydrogen-bond donors (Lipinski definition) is 0. The van der Waals surface area contributed by atoms with Gasteiger partial charge in [-0.1, -0.05) is 12.2 Å². The Morgan fingerprint density at radius 1 is 0.818 bits per heavy atom. The SMILES string of the molecule is O=[N+]([O-])c1ccc(-[n+]2ccc(/C=C/c3cc4c5c(c3)CCCN5CCC4)cc2)c([N+](=O)[O-])c1. The molecule has 2 aromatic carbocycles. The molecule has 8 nitrogen and oxygen atoms in total.